The summed E-state index contributed by atoms with van der Waals surface area (Å²) in [5.74, 6) is 0.924. The Bertz CT molecular complexity index is 593. The van der Waals surface area contributed by atoms with Crippen LogP contribution >= 0.6 is 0 Å². The molecule has 0 saturated carbocycles. The van der Waals surface area contributed by atoms with E-state index in [9.17, 15) is 8.42 Å². The molecule has 0 radical (unpaired) electrons. The second-order valence-corrected chi connectivity index (χ2v) is 7.25. The molecular weight excluding hydrogens is 292 g/mol. The van der Waals surface area contributed by atoms with Crippen LogP contribution in [0.4, 0.5) is 0 Å². The van der Waals surface area contributed by atoms with Gasteiger partial charge in [0.25, 0.3) is 0 Å². The fraction of sp³-hybridized carbons (Fsp3) is 0.571. The van der Waals surface area contributed by atoms with E-state index >= 15 is 0 Å². The van der Waals surface area contributed by atoms with Gasteiger partial charge in [0.2, 0.25) is 10.0 Å². The lowest BCUT2D eigenvalue weighted by molar-refractivity contribution is 0.263. The lowest BCUT2D eigenvalue weighted by atomic mass is 10.2. The maximum atomic E-state index is 12.7. The zero-order chi connectivity index (χ0) is 15.6. The molecule has 1 aromatic carbocycles. The van der Waals surface area contributed by atoms with Gasteiger partial charge in [-0.05, 0) is 26.0 Å². The van der Waals surface area contributed by atoms with Crippen molar-refractivity contribution in [2.75, 3.05) is 27.3 Å². The Labute approximate surface area is 126 Å². The number of benzene rings is 1. The van der Waals surface area contributed by atoms with Crippen LogP contribution in [-0.2, 0) is 10.0 Å². The van der Waals surface area contributed by atoms with Crippen molar-refractivity contribution >= 4 is 10.0 Å². The van der Waals surface area contributed by atoms with Crippen LogP contribution in [0, 0.1) is 0 Å². The molecule has 1 aliphatic heterocycles. The maximum Gasteiger partial charge on any atom is 0.243 e. The van der Waals surface area contributed by atoms with Crippen molar-refractivity contribution in [3.63, 3.8) is 0 Å². The van der Waals surface area contributed by atoms with Gasteiger partial charge in [-0.15, -0.1) is 0 Å². The van der Waals surface area contributed by atoms with Gasteiger partial charge in [-0.2, -0.15) is 4.31 Å². The molecule has 6 nitrogen and oxygen atoms in total. The highest BCUT2D eigenvalue weighted by Crippen LogP contribution is 2.31. The summed E-state index contributed by atoms with van der Waals surface area (Å²) in [5.41, 5.74) is 0. The SMILES string of the molecule is COc1ccc(S(=O)(=O)N2CC(C)NC(C)C2)cc1OC. The number of hydrogen-bond acceptors (Lipinski definition) is 5. The van der Waals surface area contributed by atoms with E-state index in [1.54, 1.807) is 12.1 Å². The molecule has 1 fully saturated rings. The normalized spacial score (nSPS) is 23.8. The van der Waals surface area contributed by atoms with Crippen molar-refractivity contribution in [1.29, 1.82) is 0 Å². The summed E-state index contributed by atoms with van der Waals surface area (Å²) >= 11 is 0. The zero-order valence-corrected chi connectivity index (χ0v) is 13.6. The Hall–Kier alpha value is -1.31. The number of hydrogen-bond donors (Lipinski definition) is 1. The Morgan fingerprint density at radius 3 is 2.19 bits per heavy atom. The Balaban J connectivity index is 2.35. The minimum absolute atomic E-state index is 0.128. The fourth-order valence-electron chi connectivity index (χ4n) is 2.60. The molecule has 2 atom stereocenters. The summed E-state index contributed by atoms with van der Waals surface area (Å²) < 4.78 is 37.3. The van der Waals surface area contributed by atoms with Gasteiger partial charge < -0.3 is 14.8 Å². The van der Waals surface area contributed by atoms with Gasteiger partial charge in [0.05, 0.1) is 19.1 Å². The van der Waals surface area contributed by atoms with Crippen molar-refractivity contribution in [3.8, 4) is 11.5 Å². The molecule has 0 aliphatic carbocycles. The van der Waals surface area contributed by atoms with Gasteiger partial charge in [0.15, 0.2) is 11.5 Å². The first kappa shape index (κ1) is 16.1. The van der Waals surface area contributed by atoms with E-state index in [1.807, 2.05) is 13.8 Å². The molecule has 1 N–H and O–H groups in total. The molecule has 0 aromatic heterocycles. The minimum Gasteiger partial charge on any atom is -0.493 e. The predicted octanol–water partition coefficient (Wildman–Crippen LogP) is 1.07. The van der Waals surface area contributed by atoms with Gasteiger partial charge >= 0.3 is 0 Å². The number of piperazine rings is 1. The highest BCUT2D eigenvalue weighted by Gasteiger charge is 2.31. The molecule has 0 spiro atoms. The number of methoxy groups -OCH3 is 2. The topological polar surface area (TPSA) is 67.9 Å². The lowest BCUT2D eigenvalue weighted by Gasteiger charge is -2.35. The van der Waals surface area contributed by atoms with E-state index in [-0.39, 0.29) is 17.0 Å². The molecule has 1 saturated heterocycles. The quantitative estimate of drug-likeness (QED) is 0.900. The Morgan fingerprint density at radius 1 is 1.10 bits per heavy atom. The molecule has 1 aliphatic rings. The van der Waals surface area contributed by atoms with Crippen molar-refractivity contribution < 1.29 is 17.9 Å². The van der Waals surface area contributed by atoms with Crippen LogP contribution in [0.5, 0.6) is 11.5 Å². The average Bonchev–Trinajstić information content (AvgIpc) is 2.45. The fourth-order valence-corrected chi connectivity index (χ4v) is 4.23. The largest absolute Gasteiger partial charge is 0.493 e. The van der Waals surface area contributed by atoms with E-state index in [0.29, 0.717) is 24.6 Å². The standard InChI is InChI=1S/C14H22N2O4S/c1-10-8-16(9-11(2)15-10)21(17,18)12-5-6-13(19-3)14(7-12)20-4/h5-7,10-11,15H,8-9H2,1-4H3. The Morgan fingerprint density at radius 2 is 1.67 bits per heavy atom. The van der Waals surface area contributed by atoms with Gasteiger partial charge in [-0.25, -0.2) is 8.42 Å². The predicted molar refractivity (Wildman–Crippen MR) is 80.4 cm³/mol. The van der Waals surface area contributed by atoms with Crippen LogP contribution in [0.25, 0.3) is 0 Å². The number of rotatable bonds is 4. The molecule has 2 rings (SSSR count). The monoisotopic (exact) mass is 314 g/mol. The van der Waals surface area contributed by atoms with Crippen LogP contribution < -0.4 is 14.8 Å². The minimum atomic E-state index is -3.53. The summed E-state index contributed by atoms with van der Waals surface area (Å²) in [4.78, 5) is 0.224. The molecule has 1 heterocycles. The van der Waals surface area contributed by atoms with Crippen LogP contribution in [0.3, 0.4) is 0 Å². The number of nitrogens with zero attached hydrogens (tertiary/aromatic N) is 1. The van der Waals surface area contributed by atoms with E-state index in [1.165, 1.54) is 24.6 Å². The van der Waals surface area contributed by atoms with Gasteiger partial charge in [0.1, 0.15) is 0 Å². The van der Waals surface area contributed by atoms with Crippen LogP contribution in [0.2, 0.25) is 0 Å². The second kappa shape index (κ2) is 6.21. The maximum absolute atomic E-state index is 12.7. The van der Waals surface area contributed by atoms with E-state index < -0.39 is 10.0 Å². The third-order valence-corrected chi connectivity index (χ3v) is 5.34. The first-order chi connectivity index (χ1) is 9.88. The molecule has 0 amide bonds. The molecule has 118 valence electrons. The summed E-state index contributed by atoms with van der Waals surface area (Å²) in [6, 6.07) is 4.92. The first-order valence-corrected chi connectivity index (χ1v) is 8.30. The number of nitrogens with one attached hydrogen (secondary N) is 1. The molecular formula is C14H22N2O4S. The van der Waals surface area contributed by atoms with Crippen molar-refractivity contribution in [3.05, 3.63) is 18.2 Å². The first-order valence-electron chi connectivity index (χ1n) is 6.86. The van der Waals surface area contributed by atoms with Gasteiger partial charge in [0, 0.05) is 31.2 Å². The second-order valence-electron chi connectivity index (χ2n) is 5.31. The molecule has 21 heavy (non-hydrogen) atoms. The summed E-state index contributed by atoms with van der Waals surface area (Å²) in [7, 11) is -0.519. The van der Waals surface area contributed by atoms with Crippen molar-refractivity contribution in [1.82, 2.24) is 9.62 Å². The highest BCUT2D eigenvalue weighted by atomic mass is 32.2. The van der Waals surface area contributed by atoms with E-state index in [4.69, 9.17) is 9.47 Å². The van der Waals surface area contributed by atoms with Crippen LogP contribution in [-0.4, -0.2) is 52.1 Å². The molecule has 2 unspecified atom stereocenters. The summed E-state index contributed by atoms with van der Waals surface area (Å²) in [6.07, 6.45) is 0. The van der Waals surface area contributed by atoms with Crippen molar-refractivity contribution in [2.24, 2.45) is 0 Å². The molecule has 1 aromatic rings. The lowest BCUT2D eigenvalue weighted by Crippen LogP contribution is -2.55. The Kier molecular flexibility index (Phi) is 4.75. The van der Waals surface area contributed by atoms with Crippen LogP contribution in [0.15, 0.2) is 23.1 Å². The van der Waals surface area contributed by atoms with E-state index in [2.05, 4.69) is 5.32 Å². The smallest absolute Gasteiger partial charge is 0.243 e. The summed E-state index contributed by atoms with van der Waals surface area (Å²) in [5, 5.41) is 3.32. The third-order valence-electron chi connectivity index (χ3n) is 3.52. The van der Waals surface area contributed by atoms with Gasteiger partial charge in [-0.3, -0.25) is 0 Å². The highest BCUT2D eigenvalue weighted by molar-refractivity contribution is 7.89. The molecule has 0 bridgehead atoms. The summed E-state index contributed by atoms with van der Waals surface area (Å²) in [6.45, 7) is 4.88. The van der Waals surface area contributed by atoms with Crippen molar-refractivity contribution in [2.45, 2.75) is 30.8 Å². The van der Waals surface area contributed by atoms with E-state index in [0.717, 1.165) is 0 Å². The number of sulfonamides is 1. The van der Waals surface area contributed by atoms with Crippen LogP contribution in [0.1, 0.15) is 13.8 Å². The molecule has 7 heteroatoms. The van der Waals surface area contributed by atoms with Gasteiger partial charge in [-0.1, -0.05) is 0 Å². The average molecular weight is 314 g/mol. The zero-order valence-electron chi connectivity index (χ0n) is 12.8. The number of ether oxygens (including phenoxy) is 2. The third kappa shape index (κ3) is 3.30.